The van der Waals surface area contributed by atoms with Crippen LogP contribution in [0.3, 0.4) is 0 Å². The maximum absolute atomic E-state index is 14.4. The molecule has 0 aliphatic heterocycles. The monoisotopic (exact) mass is 444 g/mol. The summed E-state index contributed by atoms with van der Waals surface area (Å²) in [5, 5.41) is -0.610. The van der Waals surface area contributed by atoms with Crippen molar-refractivity contribution >= 4 is 9.84 Å². The van der Waals surface area contributed by atoms with Gasteiger partial charge in [0.15, 0.2) is 9.84 Å². The molecule has 162 valence electrons. The highest BCUT2D eigenvalue weighted by atomic mass is 32.2. The van der Waals surface area contributed by atoms with Crippen molar-refractivity contribution in [3.05, 3.63) is 107 Å². The fourth-order valence-electron chi connectivity index (χ4n) is 4.67. The molecule has 2 nitrogen and oxygen atoms in total. The second kappa shape index (κ2) is 8.50. The summed E-state index contributed by atoms with van der Waals surface area (Å²) in [6.07, 6.45) is 3.62. The van der Waals surface area contributed by atoms with Gasteiger partial charge >= 0.3 is 0 Å². The molecule has 0 N–H and O–H groups in total. The van der Waals surface area contributed by atoms with Crippen LogP contribution >= 0.6 is 0 Å². The van der Waals surface area contributed by atoms with Crippen molar-refractivity contribution in [3.8, 4) is 0 Å². The minimum atomic E-state index is -3.95. The second-order valence-electron chi connectivity index (χ2n) is 8.01. The number of hydrogen-bond acceptors (Lipinski definition) is 2. The van der Waals surface area contributed by atoms with Crippen LogP contribution in [0.2, 0.25) is 0 Å². The smallest absolute Gasteiger partial charge is 0.171 e. The maximum atomic E-state index is 14.4. The van der Waals surface area contributed by atoms with Crippen molar-refractivity contribution in [2.24, 2.45) is 0 Å². The van der Waals surface area contributed by atoms with E-state index in [1.165, 1.54) is 72.8 Å². The van der Waals surface area contributed by atoms with Gasteiger partial charge in [-0.2, -0.15) is 0 Å². The standard InChI is InChI=1S/C25H23F3O2S/c26-21-12-6-18(7-13-21)25(19-8-14-22(27)15-9-19,20-10-16-23(28)17-11-20)31(29,30)24-4-2-1-3-5-24/h6-17,24H,1-5H2. The molecular weight excluding hydrogens is 421 g/mol. The number of sulfone groups is 1. The predicted molar refractivity (Wildman–Crippen MR) is 115 cm³/mol. The predicted octanol–water partition coefficient (Wildman–Crippen LogP) is 6.14. The van der Waals surface area contributed by atoms with Crippen LogP contribution in [0.25, 0.3) is 0 Å². The van der Waals surface area contributed by atoms with Gasteiger partial charge in [0.25, 0.3) is 0 Å². The molecule has 0 spiro atoms. The zero-order chi connectivity index (χ0) is 22.1. The number of benzene rings is 3. The van der Waals surface area contributed by atoms with Crippen molar-refractivity contribution in [2.75, 3.05) is 0 Å². The Morgan fingerprint density at radius 1 is 0.581 bits per heavy atom. The fraction of sp³-hybridized carbons (Fsp3) is 0.280. The van der Waals surface area contributed by atoms with Crippen molar-refractivity contribution in [2.45, 2.75) is 42.1 Å². The SMILES string of the molecule is O=S(=O)(C1CCCCC1)C(c1ccc(F)cc1)(c1ccc(F)cc1)c1ccc(F)cc1. The van der Waals surface area contributed by atoms with E-state index in [9.17, 15) is 21.6 Å². The van der Waals surface area contributed by atoms with Crippen LogP contribution in [-0.2, 0) is 14.6 Å². The molecule has 0 heterocycles. The summed E-state index contributed by atoms with van der Waals surface area (Å²) in [5.74, 6) is -1.48. The van der Waals surface area contributed by atoms with E-state index in [2.05, 4.69) is 0 Å². The largest absolute Gasteiger partial charge is 0.227 e. The van der Waals surface area contributed by atoms with Crippen LogP contribution in [0, 0.1) is 17.5 Å². The molecule has 0 aromatic heterocycles. The summed E-state index contributed by atoms with van der Waals surface area (Å²) in [6.45, 7) is 0. The third kappa shape index (κ3) is 3.78. The number of halogens is 3. The van der Waals surface area contributed by atoms with Gasteiger partial charge in [-0.25, -0.2) is 21.6 Å². The molecule has 0 atom stereocenters. The quantitative estimate of drug-likeness (QED) is 0.443. The summed E-state index contributed by atoms with van der Waals surface area (Å²) in [5.41, 5.74) is 1.04. The van der Waals surface area contributed by atoms with Crippen molar-refractivity contribution in [3.63, 3.8) is 0 Å². The van der Waals surface area contributed by atoms with E-state index in [1.807, 2.05) is 0 Å². The van der Waals surface area contributed by atoms with E-state index in [0.717, 1.165) is 19.3 Å². The summed E-state index contributed by atoms with van der Waals surface area (Å²) < 4.78 is 68.4. The molecule has 1 fully saturated rings. The fourth-order valence-corrected chi connectivity index (χ4v) is 7.52. The summed E-state index contributed by atoms with van der Waals surface area (Å²) in [4.78, 5) is 0. The minimum absolute atomic E-state index is 0.345. The van der Waals surface area contributed by atoms with Crippen LogP contribution in [0.5, 0.6) is 0 Å². The first-order valence-corrected chi connectivity index (χ1v) is 11.9. The van der Waals surface area contributed by atoms with Gasteiger partial charge in [0, 0.05) is 0 Å². The lowest BCUT2D eigenvalue weighted by molar-refractivity contribution is 0.473. The van der Waals surface area contributed by atoms with Gasteiger partial charge in [-0.15, -0.1) is 0 Å². The molecule has 0 unspecified atom stereocenters. The molecule has 6 heteroatoms. The lowest BCUT2D eigenvalue weighted by Gasteiger charge is -2.39. The van der Waals surface area contributed by atoms with E-state index in [4.69, 9.17) is 0 Å². The third-order valence-corrected chi connectivity index (χ3v) is 9.08. The lowest BCUT2D eigenvalue weighted by atomic mass is 9.84. The van der Waals surface area contributed by atoms with Gasteiger partial charge in [0.05, 0.1) is 5.25 Å². The minimum Gasteiger partial charge on any atom is -0.227 e. The Balaban J connectivity index is 2.08. The first kappa shape index (κ1) is 21.6. The Labute approximate surface area is 180 Å². The summed E-state index contributed by atoms with van der Waals surface area (Å²) in [7, 11) is -3.95. The Kier molecular flexibility index (Phi) is 5.93. The highest BCUT2D eigenvalue weighted by Crippen LogP contribution is 2.48. The lowest BCUT2D eigenvalue weighted by Crippen LogP contribution is -2.45. The average molecular weight is 445 g/mol. The average Bonchev–Trinajstić information content (AvgIpc) is 2.78. The Morgan fingerprint density at radius 3 is 1.23 bits per heavy atom. The van der Waals surface area contributed by atoms with Crippen molar-refractivity contribution < 1.29 is 21.6 Å². The van der Waals surface area contributed by atoms with Crippen molar-refractivity contribution in [1.82, 2.24) is 0 Å². The highest BCUT2D eigenvalue weighted by Gasteiger charge is 2.52. The van der Waals surface area contributed by atoms with Gasteiger partial charge in [0.2, 0.25) is 0 Å². The second-order valence-corrected chi connectivity index (χ2v) is 10.4. The summed E-state index contributed by atoms with van der Waals surface area (Å²) >= 11 is 0. The van der Waals surface area contributed by atoms with Gasteiger partial charge in [-0.3, -0.25) is 0 Å². The summed E-state index contributed by atoms with van der Waals surface area (Å²) in [6, 6.07) is 16.0. The van der Waals surface area contributed by atoms with Crippen LogP contribution in [0.15, 0.2) is 72.8 Å². The van der Waals surface area contributed by atoms with E-state index in [1.54, 1.807) is 0 Å². The molecule has 0 bridgehead atoms. The third-order valence-electron chi connectivity index (χ3n) is 6.17. The van der Waals surface area contributed by atoms with Gasteiger partial charge in [-0.1, -0.05) is 55.7 Å². The molecule has 0 radical (unpaired) electrons. The molecule has 0 amide bonds. The molecule has 4 rings (SSSR count). The molecule has 1 aliphatic carbocycles. The maximum Gasteiger partial charge on any atom is 0.171 e. The Bertz CT molecular complexity index is 1020. The molecule has 3 aromatic carbocycles. The highest BCUT2D eigenvalue weighted by molar-refractivity contribution is 7.93. The normalized spacial score (nSPS) is 15.7. The molecule has 31 heavy (non-hydrogen) atoms. The van der Waals surface area contributed by atoms with Gasteiger partial charge in [-0.05, 0) is 65.9 Å². The molecular formula is C25H23F3O2S. The van der Waals surface area contributed by atoms with Gasteiger partial charge < -0.3 is 0 Å². The Hall–Kier alpha value is -2.60. The van der Waals surface area contributed by atoms with Crippen LogP contribution < -0.4 is 0 Å². The molecule has 0 saturated heterocycles. The number of hydrogen-bond donors (Lipinski definition) is 0. The van der Waals surface area contributed by atoms with Gasteiger partial charge in [0.1, 0.15) is 22.2 Å². The van der Waals surface area contributed by atoms with E-state index in [-0.39, 0.29) is 0 Å². The topological polar surface area (TPSA) is 34.1 Å². The zero-order valence-electron chi connectivity index (χ0n) is 16.9. The molecule has 1 saturated carbocycles. The molecule has 3 aromatic rings. The first-order valence-electron chi connectivity index (χ1n) is 10.4. The van der Waals surface area contributed by atoms with E-state index < -0.39 is 37.3 Å². The first-order chi connectivity index (χ1) is 14.9. The number of rotatable bonds is 5. The molecule has 1 aliphatic rings. The van der Waals surface area contributed by atoms with Crippen molar-refractivity contribution in [1.29, 1.82) is 0 Å². The van der Waals surface area contributed by atoms with E-state index >= 15 is 0 Å². The van der Waals surface area contributed by atoms with E-state index in [0.29, 0.717) is 29.5 Å². The van der Waals surface area contributed by atoms with Crippen LogP contribution in [-0.4, -0.2) is 13.7 Å². The zero-order valence-corrected chi connectivity index (χ0v) is 17.7. The van der Waals surface area contributed by atoms with Crippen LogP contribution in [0.1, 0.15) is 48.8 Å². The van der Waals surface area contributed by atoms with Crippen LogP contribution in [0.4, 0.5) is 13.2 Å². The Morgan fingerprint density at radius 2 is 0.903 bits per heavy atom.